The van der Waals surface area contributed by atoms with Crippen molar-refractivity contribution < 1.29 is 14.4 Å². The van der Waals surface area contributed by atoms with E-state index in [2.05, 4.69) is 0 Å². The lowest BCUT2D eigenvalue weighted by Crippen LogP contribution is -1.96. The van der Waals surface area contributed by atoms with Gasteiger partial charge in [-0.1, -0.05) is 52.9 Å². The minimum absolute atomic E-state index is 0.0996. The number of alkyl halides is 1. The van der Waals surface area contributed by atoms with Gasteiger partial charge in [0.15, 0.2) is 0 Å². The molecular formula is C8H10IO3P. The molecular weight excluding hydrogens is 302 g/mol. The van der Waals surface area contributed by atoms with Crippen LogP contribution in [0.25, 0.3) is 0 Å². The highest BCUT2D eigenvalue weighted by molar-refractivity contribution is 14.1. The summed E-state index contributed by atoms with van der Waals surface area (Å²) in [5.41, 5.74) is 0.950. The minimum atomic E-state index is -3.89. The van der Waals surface area contributed by atoms with Gasteiger partial charge in [-0.15, -0.1) is 0 Å². The summed E-state index contributed by atoms with van der Waals surface area (Å²) < 4.78 is 10.6. The van der Waals surface area contributed by atoms with Crippen LogP contribution in [0.3, 0.4) is 0 Å². The molecule has 1 aromatic rings. The number of halogens is 1. The molecule has 1 atom stereocenters. The lowest BCUT2D eigenvalue weighted by molar-refractivity contribution is 0.373. The molecule has 0 heterocycles. The average Bonchev–Trinajstić information content (AvgIpc) is 2.03. The van der Waals surface area contributed by atoms with Gasteiger partial charge in [0.1, 0.15) is 0 Å². The molecule has 1 aromatic carbocycles. The largest absolute Gasteiger partial charge is 0.326 e. The van der Waals surface area contributed by atoms with Gasteiger partial charge in [0.25, 0.3) is 0 Å². The summed E-state index contributed by atoms with van der Waals surface area (Å²) in [5, 5.41) is 0. The Balaban J connectivity index is 2.70. The van der Waals surface area contributed by atoms with E-state index >= 15 is 0 Å². The van der Waals surface area contributed by atoms with Crippen LogP contribution in [0.5, 0.6) is 0 Å². The fourth-order valence-corrected chi connectivity index (χ4v) is 3.56. The quantitative estimate of drug-likeness (QED) is 0.512. The van der Waals surface area contributed by atoms with E-state index in [1.807, 2.05) is 52.9 Å². The average molecular weight is 312 g/mol. The van der Waals surface area contributed by atoms with Crippen LogP contribution >= 0.6 is 30.2 Å². The first-order chi connectivity index (χ1) is 5.99. The third-order valence-electron chi connectivity index (χ3n) is 1.56. The van der Waals surface area contributed by atoms with Crippen LogP contribution in [0, 0.1) is 0 Å². The van der Waals surface area contributed by atoms with Gasteiger partial charge in [-0.3, -0.25) is 4.57 Å². The van der Waals surface area contributed by atoms with E-state index < -0.39 is 7.60 Å². The summed E-state index contributed by atoms with van der Waals surface area (Å²) >= 11 is 2.04. The fraction of sp³-hybridized carbons (Fsp3) is 0.250. The first-order valence-corrected chi connectivity index (χ1v) is 6.77. The van der Waals surface area contributed by atoms with Gasteiger partial charge in [-0.25, -0.2) is 0 Å². The topological polar surface area (TPSA) is 57.5 Å². The smallest absolute Gasteiger partial charge is 0.324 e. The standard InChI is InChI=1S/C8H10IO3P/c9-8(6-13(10,11)12)7-4-2-1-3-5-7/h1-5,8H,6H2,(H2,10,11,12). The number of benzene rings is 1. The molecule has 3 nitrogen and oxygen atoms in total. The molecule has 0 amide bonds. The summed E-state index contributed by atoms with van der Waals surface area (Å²) in [6.45, 7) is 0. The van der Waals surface area contributed by atoms with Crippen LogP contribution < -0.4 is 0 Å². The summed E-state index contributed by atoms with van der Waals surface area (Å²) in [6, 6.07) is 9.34. The predicted molar refractivity (Wildman–Crippen MR) is 60.1 cm³/mol. The van der Waals surface area contributed by atoms with E-state index in [0.29, 0.717) is 0 Å². The Labute approximate surface area is 90.5 Å². The van der Waals surface area contributed by atoms with Crippen molar-refractivity contribution in [2.75, 3.05) is 6.16 Å². The molecule has 72 valence electrons. The molecule has 0 radical (unpaired) electrons. The van der Waals surface area contributed by atoms with Crippen molar-refractivity contribution in [1.29, 1.82) is 0 Å². The molecule has 0 saturated heterocycles. The van der Waals surface area contributed by atoms with Crippen molar-refractivity contribution >= 4 is 30.2 Å². The second-order valence-electron chi connectivity index (χ2n) is 2.73. The second-order valence-corrected chi connectivity index (χ2v) is 5.92. The maximum Gasteiger partial charge on any atom is 0.326 e. The summed E-state index contributed by atoms with van der Waals surface area (Å²) in [7, 11) is -3.89. The van der Waals surface area contributed by atoms with Gasteiger partial charge in [0.05, 0.1) is 6.16 Å². The fourth-order valence-electron chi connectivity index (χ4n) is 0.976. The number of rotatable bonds is 3. The van der Waals surface area contributed by atoms with E-state index in [9.17, 15) is 4.57 Å². The molecule has 1 unspecified atom stereocenters. The monoisotopic (exact) mass is 312 g/mol. The second kappa shape index (κ2) is 4.55. The van der Waals surface area contributed by atoms with Crippen LogP contribution in [0.15, 0.2) is 30.3 Å². The zero-order valence-corrected chi connectivity index (χ0v) is 9.85. The van der Waals surface area contributed by atoms with Crippen molar-refractivity contribution in [1.82, 2.24) is 0 Å². The van der Waals surface area contributed by atoms with E-state index in [4.69, 9.17) is 9.79 Å². The van der Waals surface area contributed by atoms with Crippen molar-refractivity contribution in [3.63, 3.8) is 0 Å². The SMILES string of the molecule is O=P(O)(O)CC(I)c1ccccc1. The Morgan fingerprint density at radius 2 is 1.85 bits per heavy atom. The Bertz CT molecular complexity index is 308. The molecule has 2 N–H and O–H groups in total. The van der Waals surface area contributed by atoms with Crippen LogP contribution in [-0.2, 0) is 4.57 Å². The highest BCUT2D eigenvalue weighted by Crippen LogP contribution is 2.42. The van der Waals surface area contributed by atoms with Gasteiger partial charge in [-0.05, 0) is 5.56 Å². The van der Waals surface area contributed by atoms with Gasteiger partial charge >= 0.3 is 7.60 Å². The molecule has 0 fully saturated rings. The van der Waals surface area contributed by atoms with Gasteiger partial charge in [0.2, 0.25) is 0 Å². The Morgan fingerprint density at radius 1 is 1.31 bits per heavy atom. The third kappa shape index (κ3) is 4.22. The van der Waals surface area contributed by atoms with Crippen molar-refractivity contribution in [3.05, 3.63) is 35.9 Å². The van der Waals surface area contributed by atoms with E-state index in [1.54, 1.807) is 0 Å². The predicted octanol–water partition coefficient (Wildman–Crippen LogP) is 2.34. The summed E-state index contributed by atoms with van der Waals surface area (Å²) in [6.07, 6.45) is -0.0996. The molecule has 0 aliphatic heterocycles. The zero-order chi connectivity index (χ0) is 9.90. The molecule has 13 heavy (non-hydrogen) atoms. The molecule has 0 aliphatic carbocycles. The van der Waals surface area contributed by atoms with Gasteiger partial charge in [-0.2, -0.15) is 0 Å². The summed E-state index contributed by atoms with van der Waals surface area (Å²) in [5.74, 6) is 0. The van der Waals surface area contributed by atoms with Crippen LogP contribution in [0.4, 0.5) is 0 Å². The van der Waals surface area contributed by atoms with Gasteiger partial charge < -0.3 is 9.79 Å². The van der Waals surface area contributed by atoms with Crippen LogP contribution in [-0.4, -0.2) is 15.9 Å². The number of hydrogen-bond acceptors (Lipinski definition) is 1. The Morgan fingerprint density at radius 3 is 2.31 bits per heavy atom. The minimum Gasteiger partial charge on any atom is -0.324 e. The highest BCUT2D eigenvalue weighted by Gasteiger charge is 2.20. The van der Waals surface area contributed by atoms with E-state index in [-0.39, 0.29) is 10.1 Å². The first kappa shape index (κ1) is 11.2. The third-order valence-corrected chi connectivity index (χ3v) is 4.26. The lowest BCUT2D eigenvalue weighted by atomic mass is 10.2. The molecule has 5 heteroatoms. The maximum atomic E-state index is 10.7. The molecule has 0 aromatic heterocycles. The molecule has 0 bridgehead atoms. The first-order valence-electron chi connectivity index (χ1n) is 3.72. The van der Waals surface area contributed by atoms with Crippen molar-refractivity contribution in [2.24, 2.45) is 0 Å². The maximum absolute atomic E-state index is 10.7. The zero-order valence-electron chi connectivity index (χ0n) is 6.80. The van der Waals surface area contributed by atoms with Crippen molar-refractivity contribution in [2.45, 2.75) is 3.92 Å². The van der Waals surface area contributed by atoms with Crippen LogP contribution in [0.1, 0.15) is 9.49 Å². The normalized spacial score (nSPS) is 14.1. The Kier molecular flexibility index (Phi) is 3.91. The van der Waals surface area contributed by atoms with Crippen molar-refractivity contribution in [3.8, 4) is 0 Å². The molecule has 1 rings (SSSR count). The van der Waals surface area contributed by atoms with E-state index in [0.717, 1.165) is 5.56 Å². The lowest BCUT2D eigenvalue weighted by Gasteiger charge is -2.10. The van der Waals surface area contributed by atoms with Crippen LogP contribution in [0.2, 0.25) is 0 Å². The Hall–Kier alpha value is 0.1000. The van der Waals surface area contributed by atoms with Gasteiger partial charge in [0, 0.05) is 3.92 Å². The highest BCUT2D eigenvalue weighted by atomic mass is 127. The number of hydrogen-bond donors (Lipinski definition) is 2. The summed E-state index contributed by atoms with van der Waals surface area (Å²) in [4.78, 5) is 17.5. The van der Waals surface area contributed by atoms with E-state index in [1.165, 1.54) is 0 Å². The molecule has 0 aliphatic rings. The molecule has 0 spiro atoms. The molecule has 0 saturated carbocycles.